The molecule has 0 amide bonds. The standard InChI is InChI=1S/C12H15ClN4O4/c1-7(2)16(6-21-11(18)8-3-4-8)10-9(17(19)20)5-14-12(13)15-10/h5,7-8H,3-4,6H2,1-2H3. The van der Waals surface area contributed by atoms with Crippen LogP contribution in [0.1, 0.15) is 26.7 Å². The summed E-state index contributed by atoms with van der Waals surface area (Å²) >= 11 is 5.71. The second-order valence-corrected chi connectivity index (χ2v) is 5.37. The molecule has 114 valence electrons. The molecule has 2 rings (SSSR count). The second-order valence-electron chi connectivity index (χ2n) is 5.04. The van der Waals surface area contributed by atoms with Crippen molar-refractivity contribution in [3.8, 4) is 0 Å². The minimum Gasteiger partial charge on any atom is -0.444 e. The SMILES string of the molecule is CC(C)N(COC(=O)C1CC1)c1nc(Cl)ncc1[N+](=O)[O-]. The minimum absolute atomic E-state index is 0.0389. The van der Waals surface area contributed by atoms with Gasteiger partial charge in [-0.15, -0.1) is 0 Å². The van der Waals surface area contributed by atoms with Gasteiger partial charge in [-0.05, 0) is 38.3 Å². The molecular formula is C12H15ClN4O4. The molecule has 0 bridgehead atoms. The van der Waals surface area contributed by atoms with Gasteiger partial charge in [-0.1, -0.05) is 0 Å². The predicted octanol–water partition coefficient (Wildman–Crippen LogP) is 2.16. The summed E-state index contributed by atoms with van der Waals surface area (Å²) in [6.45, 7) is 3.51. The van der Waals surface area contributed by atoms with E-state index >= 15 is 0 Å². The smallest absolute Gasteiger partial charge is 0.329 e. The number of aromatic nitrogens is 2. The summed E-state index contributed by atoms with van der Waals surface area (Å²) in [6.07, 6.45) is 2.71. The van der Waals surface area contributed by atoms with Crippen molar-refractivity contribution in [2.24, 2.45) is 5.92 Å². The first-order valence-corrected chi connectivity index (χ1v) is 6.88. The Hall–Kier alpha value is -1.96. The van der Waals surface area contributed by atoms with Gasteiger partial charge in [0.2, 0.25) is 11.1 Å². The van der Waals surface area contributed by atoms with Gasteiger partial charge in [0.25, 0.3) is 0 Å². The van der Waals surface area contributed by atoms with E-state index in [0.29, 0.717) is 0 Å². The third kappa shape index (κ3) is 3.78. The molecule has 0 atom stereocenters. The zero-order valence-corrected chi connectivity index (χ0v) is 12.4. The highest BCUT2D eigenvalue weighted by Gasteiger charge is 2.32. The van der Waals surface area contributed by atoms with Crippen LogP contribution >= 0.6 is 11.6 Å². The molecule has 0 aliphatic heterocycles. The third-order valence-electron chi connectivity index (χ3n) is 3.07. The van der Waals surface area contributed by atoms with Crippen LogP contribution in [-0.2, 0) is 9.53 Å². The van der Waals surface area contributed by atoms with Crippen LogP contribution < -0.4 is 4.90 Å². The molecule has 0 spiro atoms. The number of nitro groups is 1. The van der Waals surface area contributed by atoms with Gasteiger partial charge in [0, 0.05) is 6.04 Å². The Morgan fingerprint density at radius 1 is 1.62 bits per heavy atom. The molecular weight excluding hydrogens is 300 g/mol. The van der Waals surface area contributed by atoms with Crippen molar-refractivity contribution >= 4 is 29.1 Å². The third-order valence-corrected chi connectivity index (χ3v) is 3.25. The lowest BCUT2D eigenvalue weighted by Gasteiger charge is -2.26. The Morgan fingerprint density at radius 2 is 2.29 bits per heavy atom. The number of carbonyl (C=O) groups is 1. The fourth-order valence-corrected chi connectivity index (χ4v) is 1.84. The summed E-state index contributed by atoms with van der Waals surface area (Å²) < 4.78 is 5.18. The van der Waals surface area contributed by atoms with E-state index in [0.717, 1.165) is 19.0 Å². The molecule has 1 saturated carbocycles. The van der Waals surface area contributed by atoms with E-state index in [1.54, 1.807) is 0 Å². The largest absolute Gasteiger partial charge is 0.444 e. The monoisotopic (exact) mass is 314 g/mol. The Labute approximate surface area is 126 Å². The first kappa shape index (κ1) is 15.4. The van der Waals surface area contributed by atoms with E-state index in [-0.39, 0.29) is 41.4 Å². The lowest BCUT2D eigenvalue weighted by molar-refractivity contribution is -0.384. The summed E-state index contributed by atoms with van der Waals surface area (Å²) in [5.41, 5.74) is -0.282. The summed E-state index contributed by atoms with van der Waals surface area (Å²) in [5, 5.41) is 11.0. The van der Waals surface area contributed by atoms with E-state index in [1.807, 2.05) is 13.8 Å². The molecule has 0 aromatic carbocycles. The van der Waals surface area contributed by atoms with Gasteiger partial charge in [0.15, 0.2) is 6.73 Å². The molecule has 1 aromatic heterocycles. The number of ether oxygens (including phenoxy) is 1. The maximum atomic E-state index is 11.6. The van der Waals surface area contributed by atoms with E-state index in [9.17, 15) is 14.9 Å². The maximum absolute atomic E-state index is 11.6. The molecule has 1 heterocycles. The highest BCUT2D eigenvalue weighted by molar-refractivity contribution is 6.28. The van der Waals surface area contributed by atoms with Crippen molar-refractivity contribution in [3.63, 3.8) is 0 Å². The zero-order valence-electron chi connectivity index (χ0n) is 11.7. The number of hydrogen-bond donors (Lipinski definition) is 0. The van der Waals surface area contributed by atoms with Crippen molar-refractivity contribution in [2.75, 3.05) is 11.6 Å². The maximum Gasteiger partial charge on any atom is 0.329 e. The molecule has 21 heavy (non-hydrogen) atoms. The number of carbonyl (C=O) groups excluding carboxylic acids is 1. The van der Waals surface area contributed by atoms with Crippen molar-refractivity contribution in [1.82, 2.24) is 9.97 Å². The molecule has 1 fully saturated rings. The van der Waals surface area contributed by atoms with Crippen LogP contribution in [0, 0.1) is 16.0 Å². The molecule has 9 heteroatoms. The van der Waals surface area contributed by atoms with E-state index < -0.39 is 4.92 Å². The van der Waals surface area contributed by atoms with Gasteiger partial charge in [-0.2, -0.15) is 4.98 Å². The quantitative estimate of drug-likeness (QED) is 0.261. The van der Waals surface area contributed by atoms with Gasteiger partial charge in [-0.3, -0.25) is 14.9 Å². The van der Waals surface area contributed by atoms with Crippen LogP contribution in [0.25, 0.3) is 0 Å². The van der Waals surface area contributed by atoms with E-state index in [1.165, 1.54) is 4.90 Å². The Bertz CT molecular complexity index is 562. The summed E-state index contributed by atoms with van der Waals surface area (Å²) in [7, 11) is 0. The lowest BCUT2D eigenvalue weighted by atomic mass is 10.3. The molecule has 1 aliphatic rings. The Morgan fingerprint density at radius 3 is 2.81 bits per heavy atom. The van der Waals surface area contributed by atoms with Crippen LogP contribution in [0.3, 0.4) is 0 Å². The van der Waals surface area contributed by atoms with Crippen molar-refractivity contribution in [1.29, 1.82) is 0 Å². The topological polar surface area (TPSA) is 98.5 Å². The van der Waals surface area contributed by atoms with E-state index in [4.69, 9.17) is 16.3 Å². The first-order valence-electron chi connectivity index (χ1n) is 6.50. The molecule has 1 aliphatic carbocycles. The van der Waals surface area contributed by atoms with Crippen LogP contribution in [0.5, 0.6) is 0 Å². The number of hydrogen-bond acceptors (Lipinski definition) is 7. The van der Waals surface area contributed by atoms with Crippen LogP contribution in [0.2, 0.25) is 5.28 Å². The van der Waals surface area contributed by atoms with Crippen molar-refractivity contribution < 1.29 is 14.5 Å². The Balaban J connectivity index is 2.22. The summed E-state index contributed by atoms with van der Waals surface area (Å²) in [5.74, 6) is -0.287. The number of esters is 1. The first-order chi connectivity index (χ1) is 9.90. The second kappa shape index (κ2) is 6.21. The van der Waals surface area contributed by atoms with Gasteiger partial charge in [-0.25, -0.2) is 4.98 Å². The molecule has 1 aromatic rings. The molecule has 0 unspecified atom stereocenters. The number of rotatable bonds is 6. The lowest BCUT2D eigenvalue weighted by Crippen LogP contribution is -2.35. The zero-order chi connectivity index (χ0) is 15.6. The summed E-state index contributed by atoms with van der Waals surface area (Å²) in [6, 6.07) is -0.165. The highest BCUT2D eigenvalue weighted by Crippen LogP contribution is 2.31. The molecule has 8 nitrogen and oxygen atoms in total. The van der Waals surface area contributed by atoms with Crippen LogP contribution in [0.15, 0.2) is 6.20 Å². The van der Waals surface area contributed by atoms with Gasteiger partial charge in [0.05, 0.1) is 10.8 Å². The summed E-state index contributed by atoms with van der Waals surface area (Å²) in [4.78, 5) is 31.1. The number of halogens is 1. The highest BCUT2D eigenvalue weighted by atomic mass is 35.5. The predicted molar refractivity (Wildman–Crippen MR) is 75.0 cm³/mol. The fraction of sp³-hybridized carbons (Fsp3) is 0.583. The van der Waals surface area contributed by atoms with Crippen LogP contribution in [0.4, 0.5) is 11.5 Å². The average Bonchev–Trinajstić information content (AvgIpc) is 3.22. The Kier molecular flexibility index (Phi) is 4.56. The van der Waals surface area contributed by atoms with Gasteiger partial charge >= 0.3 is 11.7 Å². The fourth-order valence-electron chi connectivity index (χ4n) is 1.71. The normalized spacial score (nSPS) is 14.1. The molecule has 0 saturated heterocycles. The average molecular weight is 315 g/mol. The molecule has 0 radical (unpaired) electrons. The minimum atomic E-state index is -0.593. The van der Waals surface area contributed by atoms with Crippen molar-refractivity contribution in [3.05, 3.63) is 21.6 Å². The van der Waals surface area contributed by atoms with E-state index in [2.05, 4.69) is 9.97 Å². The molecule has 0 N–H and O–H groups in total. The number of anilines is 1. The van der Waals surface area contributed by atoms with Crippen LogP contribution in [-0.4, -0.2) is 33.6 Å². The van der Waals surface area contributed by atoms with Gasteiger partial charge in [0.1, 0.15) is 6.20 Å². The van der Waals surface area contributed by atoms with Crippen molar-refractivity contribution in [2.45, 2.75) is 32.7 Å². The number of nitrogens with zero attached hydrogens (tertiary/aromatic N) is 4. The van der Waals surface area contributed by atoms with Gasteiger partial charge < -0.3 is 9.64 Å².